The van der Waals surface area contributed by atoms with Gasteiger partial charge < -0.3 is 4.74 Å². The fraction of sp³-hybridized carbons (Fsp3) is 0.600. The van der Waals surface area contributed by atoms with E-state index in [1.165, 1.54) is 45.3 Å². The molecule has 112 valence electrons. The summed E-state index contributed by atoms with van der Waals surface area (Å²) in [5.41, 5.74) is 3.34. The van der Waals surface area contributed by atoms with E-state index in [-0.39, 0.29) is 11.9 Å². The number of nitrogens with two attached hydrogens (primary N) is 1. The fourth-order valence-corrected chi connectivity index (χ4v) is 4.02. The van der Waals surface area contributed by atoms with Crippen LogP contribution in [0.4, 0.5) is 4.39 Å². The van der Waals surface area contributed by atoms with Gasteiger partial charge in [-0.2, -0.15) is 11.8 Å². The Kier molecular flexibility index (Phi) is 6.13. The van der Waals surface area contributed by atoms with E-state index in [0.717, 1.165) is 5.75 Å². The molecule has 3 N–H and O–H groups in total. The normalized spacial score (nSPS) is 17.9. The van der Waals surface area contributed by atoms with Crippen LogP contribution in [0.3, 0.4) is 0 Å². The lowest BCUT2D eigenvalue weighted by atomic mass is 10.0. The number of methoxy groups -OCH3 is 1. The number of nitrogens with one attached hydrogen (secondary N) is 1. The number of hydrogen-bond donors (Lipinski definition) is 2. The standard InChI is InChI=1S/C15H23FN2OS/c1-19-11-7-8-13(14(16)9-11)15(18-17)10-20-12-5-3-2-4-6-12/h7-9,12,15,18H,2-6,10,17H2,1H3. The van der Waals surface area contributed by atoms with Crippen LogP contribution in [0.15, 0.2) is 18.2 Å². The Morgan fingerprint density at radius 1 is 1.40 bits per heavy atom. The predicted molar refractivity (Wildman–Crippen MR) is 82.3 cm³/mol. The van der Waals surface area contributed by atoms with Crippen LogP contribution in [-0.4, -0.2) is 18.1 Å². The Morgan fingerprint density at radius 3 is 2.75 bits per heavy atom. The SMILES string of the molecule is COc1ccc(C(CSC2CCCCC2)NN)c(F)c1. The Morgan fingerprint density at radius 2 is 2.15 bits per heavy atom. The van der Waals surface area contributed by atoms with Gasteiger partial charge in [0.15, 0.2) is 0 Å². The third kappa shape index (κ3) is 4.11. The summed E-state index contributed by atoms with van der Waals surface area (Å²) in [7, 11) is 1.53. The van der Waals surface area contributed by atoms with Crippen molar-refractivity contribution in [1.29, 1.82) is 0 Å². The molecule has 1 aliphatic carbocycles. The second-order valence-corrected chi connectivity index (χ2v) is 6.53. The van der Waals surface area contributed by atoms with Crippen LogP contribution in [0.5, 0.6) is 5.75 Å². The topological polar surface area (TPSA) is 47.3 Å². The molecule has 1 aliphatic rings. The summed E-state index contributed by atoms with van der Waals surface area (Å²) in [6, 6.07) is 4.77. The molecule has 1 aromatic carbocycles. The maximum atomic E-state index is 14.1. The van der Waals surface area contributed by atoms with E-state index < -0.39 is 0 Å². The average molecular weight is 298 g/mol. The van der Waals surface area contributed by atoms with Gasteiger partial charge in [-0.05, 0) is 18.9 Å². The van der Waals surface area contributed by atoms with Gasteiger partial charge in [0.2, 0.25) is 0 Å². The Hall–Kier alpha value is -0.780. The molecular formula is C15H23FN2OS. The number of hydrazine groups is 1. The van der Waals surface area contributed by atoms with Gasteiger partial charge in [0, 0.05) is 22.6 Å². The number of rotatable bonds is 6. The molecule has 1 unspecified atom stereocenters. The minimum atomic E-state index is -0.267. The molecule has 0 spiro atoms. The molecule has 3 nitrogen and oxygen atoms in total. The first-order valence-electron chi connectivity index (χ1n) is 7.15. The third-order valence-electron chi connectivity index (χ3n) is 3.84. The van der Waals surface area contributed by atoms with E-state index in [2.05, 4.69) is 5.43 Å². The highest BCUT2D eigenvalue weighted by Gasteiger charge is 2.19. The van der Waals surface area contributed by atoms with Crippen LogP contribution in [-0.2, 0) is 0 Å². The highest BCUT2D eigenvalue weighted by atomic mass is 32.2. The van der Waals surface area contributed by atoms with Crippen molar-refractivity contribution >= 4 is 11.8 Å². The summed E-state index contributed by atoms with van der Waals surface area (Å²) in [5, 5.41) is 0.695. The maximum absolute atomic E-state index is 14.1. The van der Waals surface area contributed by atoms with Crippen LogP contribution in [0, 0.1) is 5.82 Å². The molecule has 5 heteroatoms. The first kappa shape index (κ1) is 15.6. The predicted octanol–water partition coefficient (Wildman–Crippen LogP) is 3.40. The molecular weight excluding hydrogens is 275 g/mol. The summed E-state index contributed by atoms with van der Waals surface area (Å²) in [6.07, 6.45) is 6.52. The van der Waals surface area contributed by atoms with E-state index in [1.807, 2.05) is 11.8 Å². The first-order valence-corrected chi connectivity index (χ1v) is 8.20. The van der Waals surface area contributed by atoms with Crippen molar-refractivity contribution in [3.05, 3.63) is 29.6 Å². The van der Waals surface area contributed by atoms with E-state index in [9.17, 15) is 4.39 Å². The summed E-state index contributed by atoms with van der Waals surface area (Å²) in [5.74, 6) is 6.66. The number of thioether (sulfide) groups is 1. The zero-order valence-electron chi connectivity index (χ0n) is 11.9. The summed E-state index contributed by atoms with van der Waals surface area (Å²) < 4.78 is 19.1. The highest BCUT2D eigenvalue weighted by molar-refractivity contribution is 7.99. The van der Waals surface area contributed by atoms with Crippen molar-refractivity contribution in [2.24, 2.45) is 5.84 Å². The zero-order valence-corrected chi connectivity index (χ0v) is 12.7. The summed E-state index contributed by atoms with van der Waals surface area (Å²) >= 11 is 1.90. The molecule has 2 rings (SSSR count). The molecule has 0 amide bonds. The summed E-state index contributed by atoms with van der Waals surface area (Å²) in [4.78, 5) is 0. The maximum Gasteiger partial charge on any atom is 0.131 e. The van der Waals surface area contributed by atoms with Crippen molar-refractivity contribution in [1.82, 2.24) is 5.43 Å². The second kappa shape index (κ2) is 7.86. The summed E-state index contributed by atoms with van der Waals surface area (Å²) in [6.45, 7) is 0. The number of benzene rings is 1. The molecule has 0 aliphatic heterocycles. The van der Waals surface area contributed by atoms with Crippen molar-refractivity contribution in [3.63, 3.8) is 0 Å². The van der Waals surface area contributed by atoms with Crippen LogP contribution >= 0.6 is 11.8 Å². The molecule has 20 heavy (non-hydrogen) atoms. The first-order chi connectivity index (χ1) is 9.74. The molecule has 1 saturated carbocycles. The second-order valence-electron chi connectivity index (χ2n) is 5.20. The molecule has 1 atom stereocenters. The largest absolute Gasteiger partial charge is 0.497 e. The lowest BCUT2D eigenvalue weighted by molar-refractivity contribution is 0.409. The molecule has 1 aromatic rings. The Balaban J connectivity index is 1.96. The molecule has 0 aromatic heterocycles. The van der Waals surface area contributed by atoms with Crippen LogP contribution in [0.1, 0.15) is 43.7 Å². The zero-order chi connectivity index (χ0) is 14.4. The van der Waals surface area contributed by atoms with E-state index in [1.54, 1.807) is 12.1 Å². The van der Waals surface area contributed by atoms with Gasteiger partial charge in [0.25, 0.3) is 0 Å². The van der Waals surface area contributed by atoms with Gasteiger partial charge in [0.1, 0.15) is 11.6 Å². The highest BCUT2D eigenvalue weighted by Crippen LogP contribution is 2.31. The van der Waals surface area contributed by atoms with Crippen molar-refractivity contribution in [2.45, 2.75) is 43.4 Å². The van der Waals surface area contributed by atoms with Crippen molar-refractivity contribution in [3.8, 4) is 5.75 Å². The Bertz CT molecular complexity index is 424. The van der Waals surface area contributed by atoms with Gasteiger partial charge in [-0.1, -0.05) is 25.3 Å². The lowest BCUT2D eigenvalue weighted by Crippen LogP contribution is -2.31. The molecule has 0 bridgehead atoms. The van der Waals surface area contributed by atoms with Gasteiger partial charge >= 0.3 is 0 Å². The fourth-order valence-electron chi connectivity index (χ4n) is 2.61. The Labute approximate surface area is 124 Å². The van der Waals surface area contributed by atoms with Crippen molar-refractivity contribution in [2.75, 3.05) is 12.9 Å². The van der Waals surface area contributed by atoms with E-state index in [0.29, 0.717) is 16.6 Å². The number of hydrogen-bond acceptors (Lipinski definition) is 4. The smallest absolute Gasteiger partial charge is 0.131 e. The molecule has 0 heterocycles. The van der Waals surface area contributed by atoms with Crippen LogP contribution in [0.2, 0.25) is 0 Å². The van der Waals surface area contributed by atoms with E-state index in [4.69, 9.17) is 10.6 Å². The lowest BCUT2D eigenvalue weighted by Gasteiger charge is -2.24. The van der Waals surface area contributed by atoms with Crippen LogP contribution < -0.4 is 16.0 Å². The van der Waals surface area contributed by atoms with Gasteiger partial charge in [-0.25, -0.2) is 4.39 Å². The van der Waals surface area contributed by atoms with Gasteiger partial charge in [-0.3, -0.25) is 11.3 Å². The number of ether oxygens (including phenoxy) is 1. The molecule has 1 fully saturated rings. The number of halogens is 1. The minimum absolute atomic E-state index is 0.159. The molecule has 0 radical (unpaired) electrons. The average Bonchev–Trinajstić information content (AvgIpc) is 2.50. The van der Waals surface area contributed by atoms with Gasteiger partial charge in [0.05, 0.1) is 13.2 Å². The minimum Gasteiger partial charge on any atom is -0.497 e. The quantitative estimate of drug-likeness (QED) is 0.624. The van der Waals surface area contributed by atoms with Crippen LogP contribution in [0.25, 0.3) is 0 Å². The molecule has 0 saturated heterocycles. The third-order valence-corrected chi connectivity index (χ3v) is 5.30. The van der Waals surface area contributed by atoms with E-state index >= 15 is 0 Å². The monoisotopic (exact) mass is 298 g/mol. The van der Waals surface area contributed by atoms with Gasteiger partial charge in [-0.15, -0.1) is 0 Å². The van der Waals surface area contributed by atoms with Crippen molar-refractivity contribution < 1.29 is 9.13 Å².